The highest BCUT2D eigenvalue weighted by Crippen LogP contribution is 2.34. The van der Waals surface area contributed by atoms with E-state index >= 15 is 0 Å². The zero-order valence-electron chi connectivity index (χ0n) is 22.3. The summed E-state index contributed by atoms with van der Waals surface area (Å²) in [5.41, 5.74) is 4.19. The van der Waals surface area contributed by atoms with E-state index in [9.17, 15) is 32.8 Å². The van der Waals surface area contributed by atoms with Gasteiger partial charge in [0.25, 0.3) is 0 Å². The van der Waals surface area contributed by atoms with Gasteiger partial charge in [-0.15, -0.1) is 0 Å². The maximum atomic E-state index is 12.0. The number of hydrogen-bond donors (Lipinski definition) is 2. The predicted octanol–water partition coefficient (Wildman–Crippen LogP) is 4.26. The molecule has 4 N–H and O–H groups in total. The van der Waals surface area contributed by atoms with E-state index in [1.807, 2.05) is 12.1 Å². The van der Waals surface area contributed by atoms with Gasteiger partial charge >= 0.3 is 11.9 Å². The molecule has 1 heterocycles. The molecule has 1 aromatic heterocycles. The van der Waals surface area contributed by atoms with Crippen molar-refractivity contribution in [3.05, 3.63) is 90.0 Å². The number of hydrogen-bond acceptors (Lipinski definition) is 6. The fourth-order valence-electron chi connectivity index (χ4n) is 4.44. The smallest absolute Gasteiger partial charge is 0.335 e. The molecule has 0 spiro atoms. The summed E-state index contributed by atoms with van der Waals surface area (Å²) in [6.45, 7) is 2.66. The Morgan fingerprint density at radius 3 is 1.63 bits per heavy atom. The van der Waals surface area contributed by atoms with Crippen molar-refractivity contribution >= 4 is 22.1 Å². The molecule has 0 atom stereocenters. The molecule has 0 amide bonds. The van der Waals surface area contributed by atoms with Crippen molar-refractivity contribution in [1.82, 2.24) is 0 Å². The molecule has 41 heavy (non-hydrogen) atoms. The monoisotopic (exact) mass is 579 g/mol. The number of unbranched alkanes of at least 4 members (excludes halogenated alkanes) is 1. The zero-order valence-corrected chi connectivity index (χ0v) is 23.1. The minimum Gasteiger partial charge on any atom is -0.744 e. The van der Waals surface area contributed by atoms with Gasteiger partial charge in [0.2, 0.25) is 11.4 Å². The largest absolute Gasteiger partial charge is 0.744 e. The van der Waals surface area contributed by atoms with Crippen LogP contribution in [0.1, 0.15) is 40.5 Å². The summed E-state index contributed by atoms with van der Waals surface area (Å²) in [6.07, 6.45) is 1.72. The number of benzene rings is 3. The third-order valence-electron chi connectivity index (χ3n) is 6.52. The topological polar surface area (TPSA) is 176 Å². The van der Waals surface area contributed by atoms with Gasteiger partial charge in [-0.3, -0.25) is 0 Å². The van der Waals surface area contributed by atoms with E-state index in [0.717, 1.165) is 35.4 Å². The van der Waals surface area contributed by atoms with Crippen LogP contribution in [0.3, 0.4) is 0 Å². The van der Waals surface area contributed by atoms with E-state index in [1.54, 1.807) is 30.3 Å². The first-order valence-electron chi connectivity index (χ1n) is 12.4. The molecule has 10 nitrogen and oxygen atoms in total. The standard InChI is InChI=1S/C30H27NO8S.H2O/c1-3-4-15-31-25(19-5-9-21(10-6-19)29(32)33)16-24(17-26(31)20-7-11-22(12-8-20)30(34)35)23-13-14-27(39-2)28(18-23)40(36,37)38;/h5-14,16-18H,3-4,15H2,1-2H3,(H2-,32,33,34,35,36,37,38);1H2. The normalized spacial score (nSPS) is 11.0. The Morgan fingerprint density at radius 2 is 1.24 bits per heavy atom. The Bertz CT molecular complexity index is 1600. The molecule has 3 aromatic carbocycles. The Morgan fingerprint density at radius 1 is 0.780 bits per heavy atom. The lowest BCUT2D eigenvalue weighted by molar-refractivity contribution is -0.675. The first-order chi connectivity index (χ1) is 19.0. The van der Waals surface area contributed by atoms with Crippen LogP contribution >= 0.6 is 0 Å². The van der Waals surface area contributed by atoms with E-state index in [-0.39, 0.29) is 22.4 Å². The van der Waals surface area contributed by atoms with Crippen molar-refractivity contribution in [2.45, 2.75) is 31.2 Å². The summed E-state index contributed by atoms with van der Waals surface area (Å²) >= 11 is 0. The van der Waals surface area contributed by atoms with Gasteiger partial charge in [-0.2, -0.15) is 4.57 Å². The third kappa shape index (κ3) is 6.77. The van der Waals surface area contributed by atoms with E-state index < -0.39 is 27.0 Å². The molecule has 214 valence electrons. The summed E-state index contributed by atoms with van der Waals surface area (Å²) in [4.78, 5) is 22.4. The molecular formula is C30H29NO9S. The molecule has 0 radical (unpaired) electrons. The second-order valence-corrected chi connectivity index (χ2v) is 10.5. The van der Waals surface area contributed by atoms with Gasteiger partial charge in [0, 0.05) is 29.7 Å². The quantitative estimate of drug-likeness (QED) is 0.207. The molecule has 0 aliphatic heterocycles. The van der Waals surface area contributed by atoms with Crippen molar-refractivity contribution in [2.75, 3.05) is 7.11 Å². The fourth-order valence-corrected chi connectivity index (χ4v) is 5.11. The van der Waals surface area contributed by atoms with Gasteiger partial charge in [0.15, 0.2) is 0 Å². The highest BCUT2D eigenvalue weighted by atomic mass is 32.2. The molecule has 0 bridgehead atoms. The van der Waals surface area contributed by atoms with E-state index in [2.05, 4.69) is 11.5 Å². The number of aromatic nitrogens is 1. The summed E-state index contributed by atoms with van der Waals surface area (Å²) < 4.78 is 43.1. The molecule has 0 aliphatic rings. The van der Waals surface area contributed by atoms with Crippen LogP contribution in [-0.4, -0.2) is 47.7 Å². The number of carbonyl (C=O) groups is 2. The predicted molar refractivity (Wildman–Crippen MR) is 150 cm³/mol. The lowest BCUT2D eigenvalue weighted by atomic mass is 9.97. The van der Waals surface area contributed by atoms with Crippen molar-refractivity contribution in [1.29, 1.82) is 0 Å². The number of nitrogens with zero attached hydrogens (tertiary/aromatic N) is 1. The number of carboxylic acids is 2. The zero-order chi connectivity index (χ0) is 29.0. The van der Waals surface area contributed by atoms with Gasteiger partial charge in [-0.05, 0) is 71.8 Å². The average molecular weight is 580 g/mol. The summed E-state index contributed by atoms with van der Waals surface area (Å²) in [7, 11) is -3.56. The van der Waals surface area contributed by atoms with Crippen LogP contribution in [-0.2, 0) is 16.7 Å². The minimum absolute atomic E-state index is 0. The van der Waals surface area contributed by atoms with E-state index in [0.29, 0.717) is 17.7 Å². The van der Waals surface area contributed by atoms with Crippen LogP contribution in [0.25, 0.3) is 33.6 Å². The summed E-state index contributed by atoms with van der Waals surface area (Å²) in [5, 5.41) is 18.7. The molecule has 0 aliphatic carbocycles. The number of aromatic carboxylic acids is 2. The molecule has 0 saturated heterocycles. The number of ether oxygens (including phenoxy) is 1. The van der Waals surface area contributed by atoms with Crippen LogP contribution in [0, 0.1) is 0 Å². The van der Waals surface area contributed by atoms with E-state index in [1.165, 1.54) is 43.5 Å². The first kappa shape index (κ1) is 31.0. The SMILES string of the molecule is CCCC[n+]1c(-c2ccc(C(=O)O)cc2)cc(-c2ccc(OC)c(S(=O)(=O)[O-])c2)cc1-c1ccc(C(=O)O)cc1.O. The maximum Gasteiger partial charge on any atom is 0.335 e. The Balaban J connectivity index is 0.00000462. The number of methoxy groups -OCH3 is 1. The molecule has 4 rings (SSSR count). The molecule has 0 unspecified atom stereocenters. The van der Waals surface area contributed by atoms with Crippen LogP contribution in [0.2, 0.25) is 0 Å². The molecule has 4 aromatic rings. The molecule has 0 fully saturated rings. The van der Waals surface area contributed by atoms with Crippen molar-refractivity contribution in [2.24, 2.45) is 0 Å². The Kier molecular flexibility index (Phi) is 9.61. The van der Waals surface area contributed by atoms with Crippen LogP contribution in [0.4, 0.5) is 0 Å². The fraction of sp³-hybridized carbons (Fsp3) is 0.167. The highest BCUT2D eigenvalue weighted by Gasteiger charge is 2.24. The maximum absolute atomic E-state index is 12.0. The average Bonchev–Trinajstić information content (AvgIpc) is 2.95. The van der Waals surface area contributed by atoms with Crippen LogP contribution < -0.4 is 9.30 Å². The lowest BCUT2D eigenvalue weighted by Crippen LogP contribution is -2.39. The number of pyridine rings is 1. The Labute approximate surface area is 237 Å². The third-order valence-corrected chi connectivity index (χ3v) is 7.38. The number of rotatable bonds is 10. The van der Waals surface area contributed by atoms with E-state index in [4.69, 9.17) is 4.74 Å². The first-order valence-corrected chi connectivity index (χ1v) is 13.8. The van der Waals surface area contributed by atoms with Crippen molar-refractivity contribution < 1.29 is 47.6 Å². The van der Waals surface area contributed by atoms with Gasteiger partial charge < -0.3 is 25.0 Å². The van der Waals surface area contributed by atoms with Crippen molar-refractivity contribution in [3.8, 4) is 39.4 Å². The Hall–Kier alpha value is -4.58. The highest BCUT2D eigenvalue weighted by molar-refractivity contribution is 7.85. The van der Waals surface area contributed by atoms with Gasteiger partial charge in [-0.25, -0.2) is 18.0 Å². The van der Waals surface area contributed by atoms with Crippen LogP contribution in [0.15, 0.2) is 83.8 Å². The lowest BCUT2D eigenvalue weighted by Gasteiger charge is -2.16. The summed E-state index contributed by atoms with van der Waals surface area (Å²) in [5.74, 6) is -2.17. The van der Waals surface area contributed by atoms with Gasteiger partial charge in [0.05, 0.1) is 23.1 Å². The van der Waals surface area contributed by atoms with Gasteiger partial charge in [0.1, 0.15) is 22.4 Å². The van der Waals surface area contributed by atoms with Gasteiger partial charge in [-0.1, -0.05) is 19.4 Å². The second-order valence-electron chi connectivity index (χ2n) is 9.10. The molecule has 0 saturated carbocycles. The number of carboxylic acid groups (broad SMARTS) is 2. The second kappa shape index (κ2) is 12.7. The molecule has 11 heteroatoms. The molecular weight excluding hydrogens is 550 g/mol. The minimum atomic E-state index is -4.84. The van der Waals surface area contributed by atoms with Crippen molar-refractivity contribution in [3.63, 3.8) is 0 Å². The van der Waals surface area contributed by atoms with Crippen LogP contribution in [0.5, 0.6) is 5.75 Å². The summed E-state index contributed by atoms with van der Waals surface area (Å²) in [6, 6.07) is 20.8.